The van der Waals surface area contributed by atoms with Gasteiger partial charge < -0.3 is 9.64 Å². The van der Waals surface area contributed by atoms with Gasteiger partial charge in [-0.25, -0.2) is 8.42 Å². The highest BCUT2D eigenvalue weighted by Gasteiger charge is 2.49. The lowest BCUT2D eigenvalue weighted by Gasteiger charge is -2.43. The molecule has 0 radical (unpaired) electrons. The molecule has 158 valence electrons. The largest absolute Gasteiger partial charge is 0.495 e. The lowest BCUT2D eigenvalue weighted by molar-refractivity contribution is -0.123. The molecule has 1 aliphatic carbocycles. The van der Waals surface area contributed by atoms with E-state index in [0.717, 1.165) is 25.8 Å². The molecule has 0 unspecified atom stereocenters. The molecule has 6 nitrogen and oxygen atoms in total. The van der Waals surface area contributed by atoms with Gasteiger partial charge in [-0.3, -0.25) is 9.69 Å². The maximum Gasteiger partial charge on any atom is 0.241 e. The summed E-state index contributed by atoms with van der Waals surface area (Å²) in [6.07, 6.45) is 7.92. The Morgan fingerprint density at radius 2 is 2.00 bits per heavy atom. The molecule has 29 heavy (non-hydrogen) atoms. The first-order chi connectivity index (χ1) is 13.9. The lowest BCUT2D eigenvalue weighted by Crippen LogP contribution is -2.62. The summed E-state index contributed by atoms with van der Waals surface area (Å²) in [6.45, 7) is 0.957. The predicted molar refractivity (Wildman–Crippen MR) is 114 cm³/mol. The Balaban J connectivity index is 1.58. The van der Waals surface area contributed by atoms with Crippen molar-refractivity contribution in [2.24, 2.45) is 0 Å². The second kappa shape index (κ2) is 8.28. The van der Waals surface area contributed by atoms with Crippen molar-refractivity contribution in [3.8, 4) is 5.75 Å². The number of fused-ring (bicyclic) bond motifs is 1. The van der Waals surface area contributed by atoms with Gasteiger partial charge in [-0.05, 0) is 50.3 Å². The Morgan fingerprint density at radius 3 is 2.69 bits per heavy atom. The zero-order valence-electron chi connectivity index (χ0n) is 16.6. The van der Waals surface area contributed by atoms with Crippen LogP contribution in [-0.4, -0.2) is 63.0 Å². The van der Waals surface area contributed by atoms with Gasteiger partial charge in [0.2, 0.25) is 5.91 Å². The van der Waals surface area contributed by atoms with E-state index in [0.29, 0.717) is 16.5 Å². The molecular weight excluding hydrogens is 412 g/mol. The minimum absolute atomic E-state index is 0.00769. The normalized spacial score (nSPS) is 26.9. The third-order valence-corrected chi connectivity index (χ3v) is 8.21. The highest BCUT2D eigenvalue weighted by Crippen LogP contribution is 2.35. The molecule has 8 heteroatoms. The van der Waals surface area contributed by atoms with Crippen molar-refractivity contribution >= 4 is 33.0 Å². The molecule has 0 aromatic heterocycles. The number of sulfone groups is 1. The van der Waals surface area contributed by atoms with Crippen LogP contribution >= 0.6 is 11.6 Å². The number of allylic oxidation sites excluding steroid dienone is 1. The minimum Gasteiger partial charge on any atom is -0.495 e. The van der Waals surface area contributed by atoms with E-state index in [-0.39, 0.29) is 36.0 Å². The van der Waals surface area contributed by atoms with E-state index in [2.05, 4.69) is 11.0 Å². The number of benzene rings is 1. The summed E-state index contributed by atoms with van der Waals surface area (Å²) < 4.78 is 30.2. The zero-order valence-corrected chi connectivity index (χ0v) is 18.2. The number of hydrogen-bond acceptors (Lipinski definition) is 5. The third-order valence-electron chi connectivity index (χ3n) is 6.22. The average Bonchev–Trinajstić information content (AvgIpc) is 3.01. The molecule has 2 fully saturated rings. The summed E-state index contributed by atoms with van der Waals surface area (Å²) in [5.74, 6) is 0.538. The first-order valence-corrected chi connectivity index (χ1v) is 12.4. The number of methoxy groups -OCH3 is 1. The van der Waals surface area contributed by atoms with Gasteiger partial charge in [-0.15, -0.1) is 0 Å². The van der Waals surface area contributed by atoms with Crippen LogP contribution in [0.2, 0.25) is 5.02 Å². The molecule has 1 amide bonds. The van der Waals surface area contributed by atoms with E-state index in [1.54, 1.807) is 23.1 Å². The molecule has 1 aromatic rings. The molecule has 4 rings (SSSR count). The maximum absolute atomic E-state index is 13.1. The molecule has 2 aliphatic heterocycles. The molecule has 0 N–H and O–H groups in total. The van der Waals surface area contributed by atoms with Crippen molar-refractivity contribution in [2.75, 3.05) is 36.6 Å². The Hall–Kier alpha value is -1.57. The molecule has 1 aromatic carbocycles. The number of carbonyl (C=O) groups excluding carboxylic acids is 1. The van der Waals surface area contributed by atoms with E-state index in [1.165, 1.54) is 25.5 Å². The summed E-state index contributed by atoms with van der Waals surface area (Å²) in [5, 5.41) is 0.405. The third kappa shape index (κ3) is 4.32. The number of hydrogen-bond donors (Lipinski definition) is 0. The first-order valence-electron chi connectivity index (χ1n) is 10.2. The number of anilines is 1. The highest BCUT2D eigenvalue weighted by molar-refractivity contribution is 7.91. The van der Waals surface area contributed by atoms with E-state index < -0.39 is 9.84 Å². The van der Waals surface area contributed by atoms with Crippen molar-refractivity contribution in [3.05, 3.63) is 34.9 Å². The van der Waals surface area contributed by atoms with Crippen LogP contribution in [0, 0.1) is 0 Å². The van der Waals surface area contributed by atoms with E-state index in [4.69, 9.17) is 16.3 Å². The van der Waals surface area contributed by atoms with Gasteiger partial charge >= 0.3 is 0 Å². The fraction of sp³-hybridized carbons (Fsp3) is 0.571. The van der Waals surface area contributed by atoms with E-state index in [9.17, 15) is 13.2 Å². The molecule has 3 aliphatic rings. The number of piperazine rings is 1. The fourth-order valence-corrected chi connectivity index (χ4v) is 7.00. The van der Waals surface area contributed by atoms with Crippen LogP contribution in [0.3, 0.4) is 0 Å². The summed E-state index contributed by atoms with van der Waals surface area (Å²) in [7, 11) is -1.67. The van der Waals surface area contributed by atoms with Gasteiger partial charge in [0.05, 0.1) is 36.2 Å². The van der Waals surface area contributed by atoms with Crippen molar-refractivity contribution in [2.45, 2.75) is 44.2 Å². The van der Waals surface area contributed by atoms with Crippen LogP contribution in [0.1, 0.15) is 32.1 Å². The molecule has 2 saturated heterocycles. The maximum atomic E-state index is 13.1. The average molecular weight is 439 g/mol. The summed E-state index contributed by atoms with van der Waals surface area (Å²) in [4.78, 5) is 16.8. The summed E-state index contributed by atoms with van der Waals surface area (Å²) in [5.41, 5.74) is 2.06. The first kappa shape index (κ1) is 20.7. The van der Waals surface area contributed by atoms with Crippen LogP contribution in [0.25, 0.3) is 0 Å². The van der Waals surface area contributed by atoms with Crippen molar-refractivity contribution in [3.63, 3.8) is 0 Å². The molecule has 2 atom stereocenters. The highest BCUT2D eigenvalue weighted by atomic mass is 35.5. The van der Waals surface area contributed by atoms with Crippen LogP contribution in [-0.2, 0) is 14.6 Å². The zero-order chi connectivity index (χ0) is 20.6. The quantitative estimate of drug-likeness (QED) is 0.661. The Kier molecular flexibility index (Phi) is 5.91. The number of ether oxygens (including phenoxy) is 1. The number of halogens is 1. The monoisotopic (exact) mass is 438 g/mol. The Bertz CT molecular complexity index is 931. The molecule has 2 heterocycles. The fourth-order valence-electron chi connectivity index (χ4n) is 4.76. The van der Waals surface area contributed by atoms with Crippen LogP contribution < -0.4 is 9.64 Å². The van der Waals surface area contributed by atoms with Crippen molar-refractivity contribution < 1.29 is 17.9 Å². The molecule has 0 bridgehead atoms. The van der Waals surface area contributed by atoms with Crippen LogP contribution in [0.15, 0.2) is 29.8 Å². The van der Waals surface area contributed by atoms with Gasteiger partial charge in [0, 0.05) is 18.3 Å². The van der Waals surface area contributed by atoms with Gasteiger partial charge in [0.1, 0.15) is 5.75 Å². The standard InChI is InChI=1S/C21H27ClN2O4S/c1-28-20-8-7-16(11-17(20)22)24-19-14-29(26,27)13-18(19)23(12-21(24)25)10-9-15-5-3-2-4-6-15/h5,7-8,11,18-19H,2-4,6,9-10,12-14H2,1H3/t18-,19+/m0/s1. The lowest BCUT2D eigenvalue weighted by atomic mass is 9.96. The van der Waals surface area contributed by atoms with Gasteiger partial charge in [0.25, 0.3) is 0 Å². The van der Waals surface area contributed by atoms with E-state index in [1.807, 2.05) is 0 Å². The second-order valence-electron chi connectivity index (χ2n) is 8.12. The molecule has 0 spiro atoms. The molecular formula is C21H27ClN2O4S. The Labute approximate surface area is 177 Å². The topological polar surface area (TPSA) is 66.9 Å². The van der Waals surface area contributed by atoms with Gasteiger partial charge in [-0.1, -0.05) is 23.3 Å². The van der Waals surface area contributed by atoms with Crippen LogP contribution in [0.5, 0.6) is 5.75 Å². The number of amides is 1. The van der Waals surface area contributed by atoms with Crippen LogP contribution in [0.4, 0.5) is 5.69 Å². The van der Waals surface area contributed by atoms with Gasteiger partial charge in [-0.2, -0.15) is 0 Å². The number of rotatable bonds is 5. The minimum atomic E-state index is -3.20. The molecule has 0 saturated carbocycles. The predicted octanol–water partition coefficient (Wildman–Crippen LogP) is 3.05. The summed E-state index contributed by atoms with van der Waals surface area (Å²) >= 11 is 6.26. The second-order valence-corrected chi connectivity index (χ2v) is 10.7. The van der Waals surface area contributed by atoms with E-state index >= 15 is 0 Å². The Morgan fingerprint density at radius 1 is 1.21 bits per heavy atom. The van der Waals surface area contributed by atoms with Gasteiger partial charge in [0.15, 0.2) is 9.84 Å². The summed E-state index contributed by atoms with van der Waals surface area (Å²) in [6, 6.07) is 4.61. The van der Waals surface area contributed by atoms with Crippen molar-refractivity contribution in [1.82, 2.24) is 4.90 Å². The smallest absolute Gasteiger partial charge is 0.241 e. The van der Waals surface area contributed by atoms with Crippen molar-refractivity contribution in [1.29, 1.82) is 0 Å². The SMILES string of the molecule is COc1ccc(N2C(=O)CN(CCC3=CCCCC3)[C@H]3CS(=O)(=O)C[C@H]32)cc1Cl. The number of carbonyl (C=O) groups is 1. The number of nitrogens with zero attached hydrogens (tertiary/aromatic N) is 2.